The van der Waals surface area contributed by atoms with Crippen LogP contribution in [0.5, 0.6) is 5.75 Å². The normalized spacial score (nSPS) is 10.7. The summed E-state index contributed by atoms with van der Waals surface area (Å²) >= 11 is 6.09. The van der Waals surface area contributed by atoms with Crippen molar-refractivity contribution in [2.24, 2.45) is 4.99 Å². The minimum absolute atomic E-state index is 0.109. The number of nitrogens with zero attached hydrogens (tertiary/aromatic N) is 1. The summed E-state index contributed by atoms with van der Waals surface area (Å²) in [7, 11) is 0. The van der Waals surface area contributed by atoms with Crippen molar-refractivity contribution in [3.63, 3.8) is 0 Å². The number of hydrogen-bond acceptors (Lipinski definition) is 3. The summed E-state index contributed by atoms with van der Waals surface area (Å²) in [4.78, 5) is 16.5. The van der Waals surface area contributed by atoms with Crippen LogP contribution in [0.15, 0.2) is 77.8 Å². The maximum absolute atomic E-state index is 12.1. The van der Waals surface area contributed by atoms with Crippen LogP contribution in [0.2, 0.25) is 5.02 Å². The smallest absolute Gasteiger partial charge is 0.262 e. The van der Waals surface area contributed by atoms with Gasteiger partial charge in [0.15, 0.2) is 6.61 Å². The number of anilines is 1. The molecular weight excluding hydrogens is 360 g/mol. The van der Waals surface area contributed by atoms with E-state index in [4.69, 9.17) is 16.3 Å². The summed E-state index contributed by atoms with van der Waals surface area (Å²) in [5.41, 5.74) is 3.43. The topological polar surface area (TPSA) is 50.7 Å². The Kier molecular flexibility index (Phi) is 6.23. The standard InChI is InChI=1S/C22H19ClN2O2/c1-16-7-10-19(11-8-16)24-14-17-13-18(23)9-12-21(17)27-15-22(26)25-20-5-3-2-4-6-20/h2-14H,15H2,1H3,(H,25,26). The van der Waals surface area contributed by atoms with Gasteiger partial charge in [-0.1, -0.05) is 47.5 Å². The Bertz CT molecular complexity index is 938. The minimum Gasteiger partial charge on any atom is -0.483 e. The van der Waals surface area contributed by atoms with Crippen LogP contribution in [-0.2, 0) is 4.79 Å². The Labute approximate surface area is 163 Å². The van der Waals surface area contributed by atoms with Crippen LogP contribution in [0, 0.1) is 6.92 Å². The predicted molar refractivity (Wildman–Crippen MR) is 110 cm³/mol. The molecule has 0 aliphatic rings. The van der Waals surface area contributed by atoms with Crippen LogP contribution in [0.25, 0.3) is 0 Å². The number of halogens is 1. The van der Waals surface area contributed by atoms with E-state index >= 15 is 0 Å². The monoisotopic (exact) mass is 378 g/mol. The summed E-state index contributed by atoms with van der Waals surface area (Å²) in [6, 6.07) is 22.3. The molecule has 0 atom stereocenters. The number of para-hydroxylation sites is 1. The van der Waals surface area contributed by atoms with Gasteiger partial charge in [0.2, 0.25) is 0 Å². The van der Waals surface area contributed by atoms with E-state index in [0.717, 1.165) is 11.4 Å². The lowest BCUT2D eigenvalue weighted by atomic mass is 10.2. The first kappa shape index (κ1) is 18.7. The molecule has 0 saturated carbocycles. The predicted octanol–water partition coefficient (Wildman–Crippen LogP) is 5.42. The van der Waals surface area contributed by atoms with E-state index in [1.807, 2.05) is 61.5 Å². The van der Waals surface area contributed by atoms with Crippen LogP contribution < -0.4 is 10.1 Å². The van der Waals surface area contributed by atoms with Crippen molar-refractivity contribution in [2.75, 3.05) is 11.9 Å². The zero-order chi connectivity index (χ0) is 19.1. The third-order valence-electron chi connectivity index (χ3n) is 3.77. The molecule has 3 aromatic carbocycles. The molecule has 27 heavy (non-hydrogen) atoms. The number of ether oxygens (including phenoxy) is 1. The van der Waals surface area contributed by atoms with Gasteiger partial charge in [0.1, 0.15) is 5.75 Å². The Morgan fingerprint density at radius 2 is 1.81 bits per heavy atom. The number of carbonyl (C=O) groups is 1. The summed E-state index contributed by atoms with van der Waals surface area (Å²) in [5.74, 6) is 0.302. The van der Waals surface area contributed by atoms with Crippen LogP contribution in [0.4, 0.5) is 11.4 Å². The van der Waals surface area contributed by atoms with Crippen LogP contribution in [-0.4, -0.2) is 18.7 Å². The van der Waals surface area contributed by atoms with E-state index < -0.39 is 0 Å². The first-order valence-corrected chi connectivity index (χ1v) is 8.86. The molecule has 0 saturated heterocycles. The highest BCUT2D eigenvalue weighted by Gasteiger charge is 2.07. The number of hydrogen-bond donors (Lipinski definition) is 1. The fraction of sp³-hybridized carbons (Fsp3) is 0.0909. The molecule has 0 fully saturated rings. The molecule has 0 radical (unpaired) electrons. The van der Waals surface area contributed by atoms with Gasteiger partial charge in [-0.3, -0.25) is 9.79 Å². The van der Waals surface area contributed by atoms with Gasteiger partial charge in [0, 0.05) is 22.5 Å². The highest BCUT2D eigenvalue weighted by Crippen LogP contribution is 2.23. The number of benzene rings is 3. The highest BCUT2D eigenvalue weighted by atomic mass is 35.5. The molecule has 0 aromatic heterocycles. The average molecular weight is 379 g/mol. The third-order valence-corrected chi connectivity index (χ3v) is 4.01. The van der Waals surface area contributed by atoms with Crippen molar-refractivity contribution >= 4 is 35.1 Å². The van der Waals surface area contributed by atoms with E-state index in [1.165, 1.54) is 5.56 Å². The van der Waals surface area contributed by atoms with Crippen molar-refractivity contribution in [1.82, 2.24) is 0 Å². The zero-order valence-electron chi connectivity index (χ0n) is 14.9. The molecule has 0 bridgehead atoms. The highest BCUT2D eigenvalue weighted by molar-refractivity contribution is 6.30. The van der Waals surface area contributed by atoms with E-state index in [-0.39, 0.29) is 12.5 Å². The molecule has 3 rings (SSSR count). The van der Waals surface area contributed by atoms with E-state index in [2.05, 4.69) is 10.3 Å². The van der Waals surface area contributed by atoms with Gasteiger partial charge in [0.25, 0.3) is 5.91 Å². The molecule has 1 amide bonds. The van der Waals surface area contributed by atoms with Crippen molar-refractivity contribution in [3.05, 3.63) is 88.9 Å². The van der Waals surface area contributed by atoms with E-state index in [1.54, 1.807) is 24.4 Å². The van der Waals surface area contributed by atoms with Crippen LogP contribution in [0.3, 0.4) is 0 Å². The maximum atomic E-state index is 12.1. The number of nitrogens with one attached hydrogen (secondary N) is 1. The number of carbonyl (C=O) groups excluding carboxylic acids is 1. The second kappa shape index (κ2) is 9.01. The third kappa shape index (κ3) is 5.69. The molecule has 0 aliphatic heterocycles. The van der Waals surface area contributed by atoms with Gasteiger partial charge in [-0.2, -0.15) is 0 Å². The molecule has 4 nitrogen and oxygen atoms in total. The summed E-state index contributed by atoms with van der Waals surface area (Å²) in [6.07, 6.45) is 1.68. The van der Waals surface area contributed by atoms with Gasteiger partial charge < -0.3 is 10.1 Å². The lowest BCUT2D eigenvalue weighted by molar-refractivity contribution is -0.118. The first-order chi connectivity index (χ1) is 13.1. The summed E-state index contributed by atoms with van der Waals surface area (Å²) in [5, 5.41) is 3.35. The summed E-state index contributed by atoms with van der Waals surface area (Å²) < 4.78 is 5.67. The average Bonchev–Trinajstić information content (AvgIpc) is 2.67. The molecule has 3 aromatic rings. The van der Waals surface area contributed by atoms with Gasteiger partial charge in [-0.25, -0.2) is 0 Å². The second-order valence-corrected chi connectivity index (χ2v) is 6.42. The molecular formula is C22H19ClN2O2. The van der Waals surface area contributed by atoms with Gasteiger partial charge in [0.05, 0.1) is 5.69 Å². The molecule has 0 unspecified atom stereocenters. The van der Waals surface area contributed by atoms with Crippen LogP contribution >= 0.6 is 11.6 Å². The van der Waals surface area contributed by atoms with E-state index in [9.17, 15) is 4.79 Å². The van der Waals surface area contributed by atoms with Gasteiger partial charge in [-0.05, 0) is 49.4 Å². The first-order valence-electron chi connectivity index (χ1n) is 8.48. The van der Waals surface area contributed by atoms with Crippen molar-refractivity contribution in [2.45, 2.75) is 6.92 Å². The Morgan fingerprint density at radius 1 is 1.07 bits per heavy atom. The number of amides is 1. The molecule has 0 heterocycles. The molecule has 0 aliphatic carbocycles. The quantitative estimate of drug-likeness (QED) is 0.582. The zero-order valence-corrected chi connectivity index (χ0v) is 15.6. The maximum Gasteiger partial charge on any atom is 0.262 e. The number of aryl methyl sites for hydroxylation is 1. The molecule has 136 valence electrons. The Morgan fingerprint density at radius 3 is 2.56 bits per heavy atom. The molecule has 1 N–H and O–H groups in total. The second-order valence-electron chi connectivity index (χ2n) is 5.98. The fourth-order valence-electron chi connectivity index (χ4n) is 2.39. The fourth-order valence-corrected chi connectivity index (χ4v) is 2.57. The van der Waals surface area contributed by atoms with Gasteiger partial charge >= 0.3 is 0 Å². The van der Waals surface area contributed by atoms with Crippen molar-refractivity contribution in [3.8, 4) is 5.75 Å². The van der Waals surface area contributed by atoms with Crippen molar-refractivity contribution in [1.29, 1.82) is 0 Å². The molecule has 5 heteroatoms. The van der Waals surface area contributed by atoms with Crippen molar-refractivity contribution < 1.29 is 9.53 Å². The number of rotatable bonds is 6. The largest absolute Gasteiger partial charge is 0.483 e. The van der Waals surface area contributed by atoms with Crippen LogP contribution in [0.1, 0.15) is 11.1 Å². The minimum atomic E-state index is -0.238. The number of aliphatic imine (C=N–C) groups is 1. The summed E-state index contributed by atoms with van der Waals surface area (Å²) in [6.45, 7) is 1.92. The lowest BCUT2D eigenvalue weighted by Gasteiger charge is -2.10. The SMILES string of the molecule is Cc1ccc(N=Cc2cc(Cl)ccc2OCC(=O)Nc2ccccc2)cc1. The Hall–Kier alpha value is -3.11. The Balaban J connectivity index is 1.68. The molecule has 0 spiro atoms. The van der Waals surface area contributed by atoms with Gasteiger partial charge in [-0.15, -0.1) is 0 Å². The lowest BCUT2D eigenvalue weighted by Crippen LogP contribution is -2.20. The van der Waals surface area contributed by atoms with E-state index in [0.29, 0.717) is 16.3 Å².